The Hall–Kier alpha value is -2.97. The molecule has 0 aliphatic rings. The number of aliphatic carboxylic acids is 1. The van der Waals surface area contributed by atoms with Gasteiger partial charge in [-0.2, -0.15) is 0 Å². The number of hydrogen-bond donors (Lipinski definition) is 0. The molecular weight excluding hydrogens is 679 g/mol. The minimum Gasteiger partial charge on any atom is -0.544 e. The van der Waals surface area contributed by atoms with Crippen LogP contribution in [0.15, 0.2) is 60.8 Å². The molecule has 0 aromatic rings. The van der Waals surface area contributed by atoms with Gasteiger partial charge in [0.15, 0.2) is 6.10 Å². The van der Waals surface area contributed by atoms with Gasteiger partial charge >= 0.3 is 11.9 Å². The highest BCUT2D eigenvalue weighted by molar-refractivity contribution is 5.70. The zero-order chi connectivity index (χ0) is 40.0. The van der Waals surface area contributed by atoms with Crippen LogP contribution in [0.5, 0.6) is 0 Å². The molecule has 0 saturated carbocycles. The van der Waals surface area contributed by atoms with Gasteiger partial charge in [-0.25, -0.2) is 0 Å². The number of unbranched alkanes of at least 4 members (excludes halogenated alkanes) is 13. The summed E-state index contributed by atoms with van der Waals surface area (Å²) in [5, 5.41) is 11.6. The number of likely N-dealkylation sites (N-methyl/N-ethyl adjacent to an activating group) is 1. The third-order valence-electron chi connectivity index (χ3n) is 9.14. The molecule has 2 atom stereocenters. The minimum atomic E-state index is -1.13. The molecule has 0 aromatic heterocycles. The maximum absolute atomic E-state index is 12.7. The SMILES string of the molecule is CC/C=C/C/C=C/C/C=C/C/C=C/CCCCCCCCC(=O)OC(COCCC(C(=O)[O-])[N+](C)(C)C)COC(=O)CCCCCCC/C=C/CCCC. The largest absolute Gasteiger partial charge is 0.544 e. The Bertz CT molecular complexity index is 1070. The molecule has 54 heavy (non-hydrogen) atoms. The number of quaternary nitrogens is 1. The molecule has 0 fully saturated rings. The predicted molar refractivity (Wildman–Crippen MR) is 222 cm³/mol. The first-order valence-corrected chi connectivity index (χ1v) is 21.3. The molecule has 0 aliphatic heterocycles. The Morgan fingerprint density at radius 2 is 1.04 bits per heavy atom. The average Bonchev–Trinajstić information content (AvgIpc) is 3.12. The summed E-state index contributed by atoms with van der Waals surface area (Å²) in [5.74, 6) is -1.77. The van der Waals surface area contributed by atoms with E-state index in [0.717, 1.165) is 89.9 Å². The smallest absolute Gasteiger partial charge is 0.306 e. The predicted octanol–water partition coefficient (Wildman–Crippen LogP) is 10.1. The van der Waals surface area contributed by atoms with E-state index in [9.17, 15) is 19.5 Å². The highest BCUT2D eigenvalue weighted by Gasteiger charge is 2.25. The van der Waals surface area contributed by atoms with E-state index in [0.29, 0.717) is 12.8 Å². The first-order valence-electron chi connectivity index (χ1n) is 21.3. The summed E-state index contributed by atoms with van der Waals surface area (Å²) in [7, 11) is 5.39. The van der Waals surface area contributed by atoms with Crippen LogP contribution >= 0.6 is 0 Å². The number of carboxylic acid groups (broad SMARTS) is 1. The Morgan fingerprint density at radius 3 is 1.56 bits per heavy atom. The number of carbonyl (C=O) groups is 3. The van der Waals surface area contributed by atoms with Crippen molar-refractivity contribution in [1.29, 1.82) is 0 Å². The lowest BCUT2D eigenvalue weighted by atomic mass is 10.1. The van der Waals surface area contributed by atoms with Crippen LogP contribution in [0.3, 0.4) is 0 Å². The number of rotatable bonds is 37. The molecule has 2 unspecified atom stereocenters. The first kappa shape index (κ1) is 51.0. The number of carboxylic acids is 1. The third-order valence-corrected chi connectivity index (χ3v) is 9.14. The standard InChI is InChI=1S/C46H79NO7/c1-6-8-10-12-14-16-18-19-20-21-22-23-24-25-27-29-31-33-35-37-45(49)54-42(40-52-39-38-43(46(50)51)47(3,4)5)41-53-44(48)36-34-32-30-28-26-17-15-13-11-9-7-2/h8,10,13-16,19-20,22-23,42-43H,6-7,9,11-12,17-18,21,24-41H2,1-5H3/b10-8+,15-13+,16-14+,20-19+,23-22+. The fraction of sp³-hybridized carbons (Fsp3) is 0.717. The van der Waals surface area contributed by atoms with E-state index in [2.05, 4.69) is 74.6 Å². The topological polar surface area (TPSA) is 102 Å². The van der Waals surface area contributed by atoms with E-state index in [1.54, 1.807) is 21.1 Å². The van der Waals surface area contributed by atoms with Gasteiger partial charge in [0, 0.05) is 19.3 Å². The van der Waals surface area contributed by atoms with Crippen LogP contribution < -0.4 is 5.11 Å². The van der Waals surface area contributed by atoms with Crippen molar-refractivity contribution in [2.45, 2.75) is 174 Å². The van der Waals surface area contributed by atoms with Gasteiger partial charge in [0.2, 0.25) is 0 Å². The third kappa shape index (κ3) is 34.8. The summed E-state index contributed by atoms with van der Waals surface area (Å²) in [6, 6.07) is -0.731. The molecule has 0 amide bonds. The Morgan fingerprint density at radius 1 is 0.574 bits per heavy atom. The number of carbonyl (C=O) groups excluding carboxylic acids is 3. The summed E-state index contributed by atoms with van der Waals surface area (Å²) >= 11 is 0. The molecular formula is C46H79NO7. The van der Waals surface area contributed by atoms with E-state index >= 15 is 0 Å². The van der Waals surface area contributed by atoms with Gasteiger partial charge in [0.1, 0.15) is 12.6 Å². The van der Waals surface area contributed by atoms with Gasteiger partial charge in [-0.05, 0) is 70.6 Å². The number of esters is 2. The van der Waals surface area contributed by atoms with Gasteiger partial charge in [-0.15, -0.1) is 0 Å². The molecule has 0 aromatic carbocycles. The van der Waals surface area contributed by atoms with Crippen molar-refractivity contribution >= 4 is 17.9 Å². The van der Waals surface area contributed by atoms with Crippen LogP contribution in [0.25, 0.3) is 0 Å². The van der Waals surface area contributed by atoms with Gasteiger partial charge in [0.05, 0.1) is 40.3 Å². The molecule has 8 heteroatoms. The molecule has 0 spiro atoms. The molecule has 0 bridgehead atoms. The average molecular weight is 758 g/mol. The van der Waals surface area contributed by atoms with E-state index in [4.69, 9.17) is 14.2 Å². The number of hydrogen-bond acceptors (Lipinski definition) is 7. The monoisotopic (exact) mass is 758 g/mol. The zero-order valence-electron chi connectivity index (χ0n) is 35.1. The molecule has 0 aliphatic carbocycles. The maximum atomic E-state index is 12.7. The molecule has 8 nitrogen and oxygen atoms in total. The number of allylic oxidation sites excluding steroid dienone is 10. The van der Waals surface area contributed by atoms with Crippen LogP contribution in [0, 0.1) is 0 Å². The Labute approximate surface area is 330 Å². The van der Waals surface area contributed by atoms with E-state index in [-0.39, 0.29) is 42.7 Å². The van der Waals surface area contributed by atoms with Crippen LogP contribution in [0.2, 0.25) is 0 Å². The Kier molecular flexibility index (Phi) is 34.9. The lowest BCUT2D eigenvalue weighted by molar-refractivity contribution is -0.889. The summed E-state index contributed by atoms with van der Waals surface area (Å²) in [6.07, 6.45) is 43.8. The number of nitrogens with zero attached hydrogens (tertiary/aromatic N) is 1. The molecule has 0 saturated heterocycles. The normalized spacial score (nSPS) is 13.6. The van der Waals surface area contributed by atoms with E-state index in [1.165, 1.54) is 38.5 Å². The van der Waals surface area contributed by atoms with Crippen molar-refractivity contribution in [2.75, 3.05) is 41.0 Å². The fourth-order valence-corrected chi connectivity index (χ4v) is 5.81. The summed E-state index contributed by atoms with van der Waals surface area (Å²) < 4.78 is 17.1. The second-order valence-electron chi connectivity index (χ2n) is 15.2. The van der Waals surface area contributed by atoms with Crippen LogP contribution in [-0.4, -0.2) is 75.5 Å². The highest BCUT2D eigenvalue weighted by atomic mass is 16.6. The second-order valence-corrected chi connectivity index (χ2v) is 15.2. The summed E-state index contributed by atoms with van der Waals surface area (Å²) in [4.78, 5) is 36.8. The molecule has 0 rings (SSSR count). The highest BCUT2D eigenvalue weighted by Crippen LogP contribution is 2.13. The van der Waals surface area contributed by atoms with Gasteiger partial charge in [-0.3, -0.25) is 9.59 Å². The van der Waals surface area contributed by atoms with Crippen molar-refractivity contribution in [3.05, 3.63) is 60.8 Å². The Balaban J connectivity index is 4.38. The molecule has 0 N–H and O–H groups in total. The van der Waals surface area contributed by atoms with Crippen molar-refractivity contribution in [2.24, 2.45) is 0 Å². The van der Waals surface area contributed by atoms with E-state index < -0.39 is 18.1 Å². The van der Waals surface area contributed by atoms with Gasteiger partial charge in [0.25, 0.3) is 0 Å². The molecule has 0 radical (unpaired) electrons. The van der Waals surface area contributed by atoms with Crippen molar-refractivity contribution in [3.63, 3.8) is 0 Å². The van der Waals surface area contributed by atoms with Crippen LogP contribution in [0.4, 0.5) is 0 Å². The second kappa shape index (κ2) is 37.0. The van der Waals surface area contributed by atoms with Gasteiger partial charge < -0.3 is 28.6 Å². The van der Waals surface area contributed by atoms with Crippen LogP contribution in [-0.2, 0) is 28.6 Å². The maximum Gasteiger partial charge on any atom is 0.306 e. The quantitative estimate of drug-likeness (QED) is 0.0269. The lowest BCUT2D eigenvalue weighted by Gasteiger charge is -2.34. The van der Waals surface area contributed by atoms with Crippen molar-refractivity contribution in [1.82, 2.24) is 0 Å². The molecule has 310 valence electrons. The number of ether oxygens (including phenoxy) is 3. The van der Waals surface area contributed by atoms with E-state index in [1.807, 2.05) is 0 Å². The van der Waals surface area contributed by atoms with Crippen LogP contribution in [0.1, 0.15) is 162 Å². The zero-order valence-corrected chi connectivity index (χ0v) is 35.1. The lowest BCUT2D eigenvalue weighted by Crippen LogP contribution is -2.55. The minimum absolute atomic E-state index is 0.0299. The molecule has 0 heterocycles. The fourth-order valence-electron chi connectivity index (χ4n) is 5.81. The van der Waals surface area contributed by atoms with Crippen molar-refractivity contribution < 1.29 is 38.2 Å². The summed E-state index contributed by atoms with van der Waals surface area (Å²) in [5.41, 5.74) is 0. The van der Waals surface area contributed by atoms with Gasteiger partial charge in [-0.1, -0.05) is 132 Å². The van der Waals surface area contributed by atoms with Crippen molar-refractivity contribution in [3.8, 4) is 0 Å². The summed E-state index contributed by atoms with van der Waals surface area (Å²) in [6.45, 7) is 4.47. The first-order chi connectivity index (χ1) is 26.1.